The lowest BCUT2D eigenvalue weighted by Crippen LogP contribution is -2.41. The molecule has 0 unspecified atom stereocenters. The molecule has 0 aromatic heterocycles. The standard InChI is InChI=1S/C22H25Cl2N3O4/c1-4-14(3)26-21(28)22(29)27-25-12-15-7-9-19(20(11-15)30-5-2)31-13-16-6-8-17(23)18(24)10-16/h6-12,14H,4-5,13H2,1-3H3,(H,26,28)(H,27,29)/b25-12-/t14-/m1/s1. The second-order valence-electron chi connectivity index (χ2n) is 6.66. The molecule has 0 aliphatic heterocycles. The van der Waals surface area contributed by atoms with Gasteiger partial charge in [-0.1, -0.05) is 36.2 Å². The minimum absolute atomic E-state index is 0.0903. The molecular formula is C22H25Cl2N3O4. The number of benzene rings is 2. The second kappa shape index (κ2) is 12.2. The highest BCUT2D eigenvalue weighted by molar-refractivity contribution is 6.42. The number of nitrogens with one attached hydrogen (secondary N) is 2. The van der Waals surface area contributed by atoms with Crippen molar-refractivity contribution in [2.45, 2.75) is 39.8 Å². The summed E-state index contributed by atoms with van der Waals surface area (Å²) in [5.41, 5.74) is 3.73. The van der Waals surface area contributed by atoms with Crippen LogP contribution in [-0.4, -0.2) is 30.7 Å². The van der Waals surface area contributed by atoms with Gasteiger partial charge in [0, 0.05) is 6.04 Å². The first-order chi connectivity index (χ1) is 14.8. The van der Waals surface area contributed by atoms with Crippen LogP contribution in [0.25, 0.3) is 0 Å². The quantitative estimate of drug-likeness (QED) is 0.327. The van der Waals surface area contributed by atoms with Crippen molar-refractivity contribution in [3.05, 3.63) is 57.6 Å². The maximum atomic E-state index is 11.8. The molecule has 0 radical (unpaired) electrons. The van der Waals surface area contributed by atoms with Crippen LogP contribution in [0.1, 0.15) is 38.3 Å². The fourth-order valence-electron chi connectivity index (χ4n) is 2.39. The normalized spacial score (nSPS) is 11.8. The van der Waals surface area contributed by atoms with Crippen molar-refractivity contribution < 1.29 is 19.1 Å². The molecule has 2 rings (SSSR count). The van der Waals surface area contributed by atoms with Gasteiger partial charge in [-0.15, -0.1) is 0 Å². The maximum absolute atomic E-state index is 11.8. The highest BCUT2D eigenvalue weighted by Gasteiger charge is 2.14. The van der Waals surface area contributed by atoms with Crippen LogP contribution in [0.5, 0.6) is 11.5 Å². The van der Waals surface area contributed by atoms with Crippen LogP contribution < -0.4 is 20.2 Å². The van der Waals surface area contributed by atoms with E-state index < -0.39 is 11.8 Å². The van der Waals surface area contributed by atoms with Crippen molar-refractivity contribution in [1.82, 2.24) is 10.7 Å². The first-order valence-electron chi connectivity index (χ1n) is 9.81. The Morgan fingerprint density at radius 3 is 2.48 bits per heavy atom. The van der Waals surface area contributed by atoms with Gasteiger partial charge < -0.3 is 14.8 Å². The van der Waals surface area contributed by atoms with Crippen molar-refractivity contribution >= 4 is 41.2 Å². The van der Waals surface area contributed by atoms with E-state index in [4.69, 9.17) is 32.7 Å². The van der Waals surface area contributed by atoms with E-state index in [1.54, 1.807) is 30.3 Å². The van der Waals surface area contributed by atoms with E-state index >= 15 is 0 Å². The number of hydrazone groups is 1. The number of nitrogens with zero attached hydrogens (tertiary/aromatic N) is 1. The Morgan fingerprint density at radius 1 is 1.03 bits per heavy atom. The molecule has 0 fully saturated rings. The zero-order chi connectivity index (χ0) is 22.8. The summed E-state index contributed by atoms with van der Waals surface area (Å²) in [6, 6.07) is 10.4. The first-order valence-corrected chi connectivity index (χ1v) is 10.6. The molecule has 0 saturated heterocycles. The molecule has 2 aromatic carbocycles. The zero-order valence-corrected chi connectivity index (χ0v) is 19.1. The van der Waals surface area contributed by atoms with Crippen LogP contribution in [0.4, 0.5) is 0 Å². The van der Waals surface area contributed by atoms with Crippen LogP contribution in [0.15, 0.2) is 41.5 Å². The summed E-state index contributed by atoms with van der Waals surface area (Å²) >= 11 is 12.0. The summed E-state index contributed by atoms with van der Waals surface area (Å²) in [6.07, 6.45) is 2.14. The summed E-state index contributed by atoms with van der Waals surface area (Å²) in [6.45, 7) is 6.31. The number of ether oxygens (including phenoxy) is 2. The summed E-state index contributed by atoms with van der Waals surface area (Å²) in [5.74, 6) is -0.495. The van der Waals surface area contributed by atoms with Crippen molar-refractivity contribution in [3.63, 3.8) is 0 Å². The first kappa shape index (κ1) is 24.5. The van der Waals surface area contributed by atoms with Crippen LogP contribution in [0.2, 0.25) is 10.0 Å². The Kier molecular flexibility index (Phi) is 9.62. The van der Waals surface area contributed by atoms with Gasteiger partial charge in [-0.3, -0.25) is 9.59 Å². The number of carbonyl (C=O) groups is 2. The topological polar surface area (TPSA) is 89.0 Å². The fourth-order valence-corrected chi connectivity index (χ4v) is 2.71. The van der Waals surface area contributed by atoms with Gasteiger partial charge in [-0.2, -0.15) is 5.10 Å². The lowest BCUT2D eigenvalue weighted by molar-refractivity contribution is -0.139. The monoisotopic (exact) mass is 465 g/mol. The number of carbonyl (C=O) groups excluding carboxylic acids is 2. The van der Waals surface area contributed by atoms with Gasteiger partial charge in [-0.05, 0) is 61.7 Å². The van der Waals surface area contributed by atoms with Crippen molar-refractivity contribution in [2.75, 3.05) is 6.61 Å². The molecule has 0 saturated carbocycles. The second-order valence-corrected chi connectivity index (χ2v) is 7.47. The fraction of sp³-hybridized carbons (Fsp3) is 0.318. The van der Waals surface area contributed by atoms with E-state index in [-0.39, 0.29) is 12.6 Å². The van der Waals surface area contributed by atoms with Gasteiger partial charge in [0.2, 0.25) is 0 Å². The molecule has 2 aromatic rings. The Hall–Kier alpha value is -2.77. The summed E-state index contributed by atoms with van der Waals surface area (Å²) < 4.78 is 11.5. The molecule has 31 heavy (non-hydrogen) atoms. The van der Waals surface area contributed by atoms with Crippen LogP contribution in [-0.2, 0) is 16.2 Å². The van der Waals surface area contributed by atoms with Gasteiger partial charge in [-0.25, -0.2) is 5.43 Å². The molecule has 9 heteroatoms. The van der Waals surface area contributed by atoms with Crippen LogP contribution in [0, 0.1) is 0 Å². The average Bonchev–Trinajstić information content (AvgIpc) is 2.75. The van der Waals surface area contributed by atoms with Crippen molar-refractivity contribution in [1.29, 1.82) is 0 Å². The molecule has 0 aliphatic carbocycles. The molecule has 1 atom stereocenters. The van der Waals surface area contributed by atoms with E-state index in [1.807, 2.05) is 26.8 Å². The van der Waals surface area contributed by atoms with Crippen molar-refractivity contribution in [3.8, 4) is 11.5 Å². The Balaban J connectivity index is 2.01. The van der Waals surface area contributed by atoms with Gasteiger partial charge in [0.15, 0.2) is 11.5 Å². The predicted molar refractivity (Wildman–Crippen MR) is 122 cm³/mol. The highest BCUT2D eigenvalue weighted by atomic mass is 35.5. The largest absolute Gasteiger partial charge is 0.490 e. The third-order valence-electron chi connectivity index (χ3n) is 4.22. The number of halogens is 2. The van der Waals surface area contributed by atoms with E-state index in [0.717, 1.165) is 12.0 Å². The molecule has 0 bridgehead atoms. The third-order valence-corrected chi connectivity index (χ3v) is 4.96. The Labute approximate surface area is 191 Å². The minimum Gasteiger partial charge on any atom is -0.490 e. The van der Waals surface area contributed by atoms with Crippen LogP contribution in [0.3, 0.4) is 0 Å². The van der Waals surface area contributed by atoms with Gasteiger partial charge >= 0.3 is 11.8 Å². The summed E-state index contributed by atoms with van der Waals surface area (Å²) in [5, 5.41) is 7.34. The van der Waals surface area contributed by atoms with E-state index in [1.165, 1.54) is 6.21 Å². The smallest absolute Gasteiger partial charge is 0.329 e. The van der Waals surface area contributed by atoms with Crippen LogP contribution >= 0.6 is 23.2 Å². The third kappa shape index (κ3) is 7.77. The van der Waals surface area contributed by atoms with Gasteiger partial charge in [0.05, 0.1) is 22.9 Å². The van der Waals surface area contributed by atoms with E-state index in [9.17, 15) is 9.59 Å². The number of rotatable bonds is 9. The molecule has 7 nitrogen and oxygen atoms in total. The summed E-state index contributed by atoms with van der Waals surface area (Å²) in [4.78, 5) is 23.5. The lowest BCUT2D eigenvalue weighted by Gasteiger charge is -2.13. The van der Waals surface area contributed by atoms with E-state index in [0.29, 0.717) is 33.7 Å². The number of hydrogen-bond donors (Lipinski definition) is 2. The molecule has 0 aliphatic rings. The zero-order valence-electron chi connectivity index (χ0n) is 17.6. The molecule has 2 N–H and O–H groups in total. The molecule has 0 spiro atoms. The molecular weight excluding hydrogens is 441 g/mol. The van der Waals surface area contributed by atoms with E-state index in [2.05, 4.69) is 15.8 Å². The highest BCUT2D eigenvalue weighted by Crippen LogP contribution is 2.29. The Bertz CT molecular complexity index is 950. The summed E-state index contributed by atoms with van der Waals surface area (Å²) in [7, 11) is 0. The predicted octanol–water partition coefficient (Wildman–Crippen LogP) is 4.34. The molecule has 166 valence electrons. The molecule has 2 amide bonds. The Morgan fingerprint density at radius 2 is 1.81 bits per heavy atom. The van der Waals surface area contributed by atoms with Gasteiger partial charge in [0.1, 0.15) is 6.61 Å². The average molecular weight is 466 g/mol. The number of hydrogen-bond acceptors (Lipinski definition) is 5. The molecule has 0 heterocycles. The van der Waals surface area contributed by atoms with Crippen molar-refractivity contribution in [2.24, 2.45) is 5.10 Å². The minimum atomic E-state index is -0.830. The number of amides is 2. The van der Waals surface area contributed by atoms with Gasteiger partial charge in [0.25, 0.3) is 0 Å². The SMILES string of the molecule is CCOc1cc(/C=N\NC(=O)C(=O)N[C@H](C)CC)ccc1OCc1ccc(Cl)c(Cl)c1. The maximum Gasteiger partial charge on any atom is 0.329 e. The lowest BCUT2D eigenvalue weighted by atomic mass is 10.2.